The number of hydrogen-bond acceptors (Lipinski definition) is 5. The average Bonchev–Trinajstić information content (AvgIpc) is 2.85. The number of rotatable bonds is 6. The van der Waals surface area contributed by atoms with E-state index in [2.05, 4.69) is 20.5 Å². The normalized spacial score (nSPS) is 10.7. The monoisotopic (exact) mass is 408 g/mol. The standard InChI is InChI=1S/C25H20N4O2/c1-31-21-14-12-18(13-15-21)17-26-29-25(30)24-27-22(19-8-4-2-5-9-19)16-23(28-24)20-10-6-3-7-11-20/h2-17H,1H3,(H,29,30)/b26-17-. The zero-order chi connectivity index (χ0) is 21.5. The van der Waals surface area contributed by atoms with E-state index in [4.69, 9.17) is 4.74 Å². The van der Waals surface area contributed by atoms with Crippen LogP contribution in [0.4, 0.5) is 0 Å². The SMILES string of the molecule is COc1ccc(/C=N\NC(=O)c2nc(-c3ccccc3)cc(-c3ccccc3)n2)cc1. The van der Waals surface area contributed by atoms with Crippen molar-refractivity contribution in [3.63, 3.8) is 0 Å². The fourth-order valence-electron chi connectivity index (χ4n) is 2.97. The zero-order valence-electron chi connectivity index (χ0n) is 16.9. The minimum atomic E-state index is -0.486. The molecule has 0 radical (unpaired) electrons. The Hall–Kier alpha value is -4.32. The quantitative estimate of drug-likeness (QED) is 0.374. The van der Waals surface area contributed by atoms with Gasteiger partial charge in [-0.05, 0) is 35.9 Å². The fraction of sp³-hybridized carbons (Fsp3) is 0.0400. The molecule has 0 aliphatic rings. The molecule has 0 saturated carbocycles. The molecule has 4 aromatic rings. The van der Waals surface area contributed by atoms with Crippen molar-refractivity contribution in [3.05, 3.63) is 102 Å². The van der Waals surface area contributed by atoms with Crippen LogP contribution in [0.25, 0.3) is 22.5 Å². The maximum atomic E-state index is 12.7. The largest absolute Gasteiger partial charge is 0.497 e. The van der Waals surface area contributed by atoms with E-state index in [1.165, 1.54) is 0 Å². The van der Waals surface area contributed by atoms with Gasteiger partial charge >= 0.3 is 5.91 Å². The molecule has 0 fully saturated rings. The van der Waals surface area contributed by atoms with Crippen molar-refractivity contribution in [1.82, 2.24) is 15.4 Å². The van der Waals surface area contributed by atoms with E-state index in [-0.39, 0.29) is 5.82 Å². The highest BCUT2D eigenvalue weighted by Gasteiger charge is 2.14. The van der Waals surface area contributed by atoms with Crippen LogP contribution in [-0.4, -0.2) is 29.2 Å². The van der Waals surface area contributed by atoms with Crippen LogP contribution in [0.1, 0.15) is 16.2 Å². The molecule has 0 unspecified atom stereocenters. The van der Waals surface area contributed by atoms with Crippen LogP contribution in [0.2, 0.25) is 0 Å². The number of nitrogens with one attached hydrogen (secondary N) is 1. The third-order valence-corrected chi connectivity index (χ3v) is 4.56. The second-order valence-electron chi connectivity index (χ2n) is 6.67. The number of nitrogens with zero attached hydrogens (tertiary/aromatic N) is 3. The Morgan fingerprint density at radius 3 is 1.90 bits per heavy atom. The number of carbonyl (C=O) groups excluding carboxylic acids is 1. The van der Waals surface area contributed by atoms with Crippen molar-refractivity contribution in [3.8, 4) is 28.3 Å². The van der Waals surface area contributed by atoms with Crippen LogP contribution in [-0.2, 0) is 0 Å². The molecule has 152 valence electrons. The van der Waals surface area contributed by atoms with E-state index >= 15 is 0 Å². The highest BCUT2D eigenvalue weighted by molar-refractivity contribution is 5.92. The average molecular weight is 408 g/mol. The van der Waals surface area contributed by atoms with Gasteiger partial charge < -0.3 is 4.74 Å². The van der Waals surface area contributed by atoms with Crippen LogP contribution in [0, 0.1) is 0 Å². The molecule has 0 saturated heterocycles. The molecule has 0 bridgehead atoms. The summed E-state index contributed by atoms with van der Waals surface area (Å²) in [4.78, 5) is 21.7. The lowest BCUT2D eigenvalue weighted by Gasteiger charge is -2.08. The molecule has 1 amide bonds. The van der Waals surface area contributed by atoms with Gasteiger partial charge in [-0.1, -0.05) is 60.7 Å². The summed E-state index contributed by atoms with van der Waals surface area (Å²) < 4.78 is 5.13. The van der Waals surface area contributed by atoms with Crippen molar-refractivity contribution >= 4 is 12.1 Å². The minimum Gasteiger partial charge on any atom is -0.497 e. The molecular formula is C25H20N4O2. The fourth-order valence-corrected chi connectivity index (χ4v) is 2.97. The van der Waals surface area contributed by atoms with Crippen molar-refractivity contribution in [2.24, 2.45) is 5.10 Å². The van der Waals surface area contributed by atoms with Crippen LogP contribution < -0.4 is 10.2 Å². The van der Waals surface area contributed by atoms with E-state index in [9.17, 15) is 4.79 Å². The van der Waals surface area contributed by atoms with E-state index in [0.29, 0.717) is 11.4 Å². The first-order valence-corrected chi connectivity index (χ1v) is 9.70. The van der Waals surface area contributed by atoms with Crippen molar-refractivity contribution in [2.45, 2.75) is 0 Å². The Morgan fingerprint density at radius 1 is 0.839 bits per heavy atom. The Balaban J connectivity index is 1.61. The van der Waals surface area contributed by atoms with Gasteiger partial charge in [-0.25, -0.2) is 15.4 Å². The molecule has 0 aliphatic carbocycles. The van der Waals surface area contributed by atoms with Gasteiger partial charge in [0.25, 0.3) is 0 Å². The molecule has 0 aliphatic heterocycles. The predicted molar refractivity (Wildman–Crippen MR) is 121 cm³/mol. The number of hydrogen-bond donors (Lipinski definition) is 1. The summed E-state index contributed by atoms with van der Waals surface area (Å²) in [5.41, 5.74) is 6.46. The maximum absolute atomic E-state index is 12.7. The molecule has 3 aromatic carbocycles. The third kappa shape index (κ3) is 5.00. The topological polar surface area (TPSA) is 76.5 Å². The second-order valence-corrected chi connectivity index (χ2v) is 6.67. The first-order valence-electron chi connectivity index (χ1n) is 9.70. The molecule has 1 N–H and O–H groups in total. The number of benzene rings is 3. The number of amides is 1. The number of aromatic nitrogens is 2. The smallest absolute Gasteiger partial charge is 0.309 e. The molecule has 6 heteroatoms. The molecule has 0 atom stereocenters. The van der Waals surface area contributed by atoms with Gasteiger partial charge in [0.1, 0.15) is 5.75 Å². The van der Waals surface area contributed by atoms with Gasteiger partial charge in [0.2, 0.25) is 5.82 Å². The summed E-state index contributed by atoms with van der Waals surface area (Å²) in [7, 11) is 1.61. The Bertz CT molecular complexity index is 1130. The van der Waals surface area contributed by atoms with E-state index in [1.54, 1.807) is 13.3 Å². The summed E-state index contributed by atoms with van der Waals surface area (Å²) in [5.74, 6) is 0.313. The number of ether oxygens (including phenoxy) is 1. The molecule has 6 nitrogen and oxygen atoms in total. The van der Waals surface area contributed by atoms with Crippen LogP contribution in [0.3, 0.4) is 0 Å². The summed E-state index contributed by atoms with van der Waals surface area (Å²) in [6.07, 6.45) is 1.55. The van der Waals surface area contributed by atoms with Gasteiger partial charge in [-0.15, -0.1) is 0 Å². The first kappa shape index (κ1) is 20.0. The summed E-state index contributed by atoms with van der Waals surface area (Å²) in [6.45, 7) is 0. The van der Waals surface area contributed by atoms with Crippen LogP contribution >= 0.6 is 0 Å². The minimum absolute atomic E-state index is 0.0482. The molecule has 1 heterocycles. The Kier molecular flexibility index (Phi) is 6.09. The summed E-state index contributed by atoms with van der Waals surface area (Å²) in [5, 5.41) is 4.03. The predicted octanol–water partition coefficient (Wildman–Crippen LogP) is 4.58. The lowest BCUT2D eigenvalue weighted by atomic mass is 10.1. The van der Waals surface area contributed by atoms with Crippen molar-refractivity contribution in [2.75, 3.05) is 7.11 Å². The Morgan fingerprint density at radius 2 is 1.39 bits per heavy atom. The third-order valence-electron chi connectivity index (χ3n) is 4.56. The van der Waals surface area contributed by atoms with Gasteiger partial charge in [0, 0.05) is 11.1 Å². The Labute approximate surface area is 180 Å². The number of carbonyl (C=O) groups is 1. The van der Waals surface area contributed by atoms with Crippen molar-refractivity contribution in [1.29, 1.82) is 0 Å². The second kappa shape index (κ2) is 9.45. The molecular weight excluding hydrogens is 388 g/mol. The summed E-state index contributed by atoms with van der Waals surface area (Å²) in [6, 6.07) is 28.6. The zero-order valence-corrected chi connectivity index (χ0v) is 16.9. The first-order chi connectivity index (χ1) is 15.2. The lowest BCUT2D eigenvalue weighted by Crippen LogP contribution is -2.21. The van der Waals surface area contributed by atoms with E-state index in [0.717, 1.165) is 22.4 Å². The van der Waals surface area contributed by atoms with Gasteiger partial charge in [-0.2, -0.15) is 5.10 Å². The van der Waals surface area contributed by atoms with Gasteiger partial charge in [0.15, 0.2) is 0 Å². The highest BCUT2D eigenvalue weighted by Crippen LogP contribution is 2.23. The van der Waals surface area contributed by atoms with Crippen LogP contribution in [0.15, 0.2) is 96.1 Å². The van der Waals surface area contributed by atoms with E-state index < -0.39 is 5.91 Å². The van der Waals surface area contributed by atoms with Crippen LogP contribution in [0.5, 0.6) is 5.75 Å². The van der Waals surface area contributed by atoms with Crippen molar-refractivity contribution < 1.29 is 9.53 Å². The van der Waals surface area contributed by atoms with E-state index in [1.807, 2.05) is 91.0 Å². The molecule has 31 heavy (non-hydrogen) atoms. The molecule has 4 rings (SSSR count). The summed E-state index contributed by atoms with van der Waals surface area (Å²) >= 11 is 0. The number of hydrazone groups is 1. The molecule has 1 aromatic heterocycles. The van der Waals surface area contributed by atoms with Gasteiger partial charge in [-0.3, -0.25) is 4.79 Å². The maximum Gasteiger partial charge on any atom is 0.309 e. The highest BCUT2D eigenvalue weighted by atomic mass is 16.5. The van der Waals surface area contributed by atoms with Gasteiger partial charge in [0.05, 0.1) is 24.7 Å². The molecule has 0 spiro atoms. The number of methoxy groups -OCH3 is 1. The lowest BCUT2D eigenvalue weighted by molar-refractivity contribution is 0.0945.